The molecular weight excluding hydrogens is 447 g/mol. The molecule has 0 atom stereocenters. The first-order chi connectivity index (χ1) is 16.6. The van der Waals surface area contributed by atoms with Crippen molar-refractivity contribution >= 4 is 28.2 Å². The van der Waals surface area contributed by atoms with Gasteiger partial charge in [-0.25, -0.2) is 14.4 Å². The second-order valence-electron chi connectivity index (χ2n) is 8.13. The molecular formula is C27H25FN4OS. The minimum absolute atomic E-state index is 0.233. The molecule has 5 nitrogen and oxygen atoms in total. The topological polar surface area (TPSA) is 66.0 Å². The number of pyridine rings is 1. The van der Waals surface area contributed by atoms with Crippen LogP contribution in [0.1, 0.15) is 17.8 Å². The number of nitrogen functional groups attached to an aromatic ring is 1. The van der Waals surface area contributed by atoms with E-state index in [0.29, 0.717) is 30.1 Å². The molecule has 0 unspecified atom stereocenters. The van der Waals surface area contributed by atoms with Crippen LogP contribution in [0, 0.1) is 5.82 Å². The van der Waals surface area contributed by atoms with Crippen LogP contribution in [0.25, 0.3) is 32.0 Å². The molecule has 172 valence electrons. The lowest BCUT2D eigenvalue weighted by molar-refractivity contribution is 0.118. The van der Waals surface area contributed by atoms with Crippen molar-refractivity contribution in [3.05, 3.63) is 90.0 Å². The predicted molar refractivity (Wildman–Crippen MR) is 136 cm³/mol. The van der Waals surface area contributed by atoms with Gasteiger partial charge in [0, 0.05) is 30.5 Å². The van der Waals surface area contributed by atoms with E-state index in [1.54, 1.807) is 12.1 Å². The van der Waals surface area contributed by atoms with Crippen molar-refractivity contribution in [1.29, 1.82) is 0 Å². The molecule has 0 spiro atoms. The summed E-state index contributed by atoms with van der Waals surface area (Å²) < 4.78 is 22.1. The van der Waals surface area contributed by atoms with Crippen molar-refractivity contribution < 1.29 is 9.13 Å². The molecule has 7 heteroatoms. The standard InChI is InChI=1S/C27H25FN4OS/c1-32-22-16-21(24-14-13-23(34-24)19-10-5-6-11-20(19)28)30-27(29)26(22)31-25(32)12-7-15-33-17-18-8-3-2-4-9-18/h2-6,8-11,13-14,16H,7,12,15,17H2,1H3,(H2,29,30). The van der Waals surface area contributed by atoms with Gasteiger partial charge in [-0.1, -0.05) is 48.5 Å². The molecule has 5 aromatic rings. The lowest BCUT2D eigenvalue weighted by Crippen LogP contribution is -2.02. The molecule has 0 saturated carbocycles. The molecule has 34 heavy (non-hydrogen) atoms. The number of benzene rings is 2. The molecule has 3 heterocycles. The van der Waals surface area contributed by atoms with Gasteiger partial charge in [0.1, 0.15) is 17.2 Å². The van der Waals surface area contributed by atoms with Crippen LogP contribution in [0.4, 0.5) is 10.2 Å². The van der Waals surface area contributed by atoms with E-state index < -0.39 is 0 Å². The fourth-order valence-electron chi connectivity index (χ4n) is 3.99. The van der Waals surface area contributed by atoms with Gasteiger partial charge in [0.15, 0.2) is 5.82 Å². The highest BCUT2D eigenvalue weighted by atomic mass is 32.1. The fourth-order valence-corrected chi connectivity index (χ4v) is 4.98. The van der Waals surface area contributed by atoms with Crippen molar-refractivity contribution in [2.75, 3.05) is 12.3 Å². The van der Waals surface area contributed by atoms with Crippen LogP contribution >= 0.6 is 11.3 Å². The molecule has 0 fully saturated rings. The lowest BCUT2D eigenvalue weighted by Gasteiger charge is -2.05. The molecule has 0 saturated heterocycles. The molecule has 0 aliphatic heterocycles. The van der Waals surface area contributed by atoms with Crippen molar-refractivity contribution in [3.63, 3.8) is 0 Å². The summed E-state index contributed by atoms with van der Waals surface area (Å²) in [7, 11) is 2.00. The number of nitrogens with zero attached hydrogens (tertiary/aromatic N) is 3. The smallest absolute Gasteiger partial charge is 0.152 e. The summed E-state index contributed by atoms with van der Waals surface area (Å²) >= 11 is 1.50. The quantitative estimate of drug-likeness (QED) is 0.272. The van der Waals surface area contributed by atoms with Gasteiger partial charge in [0.2, 0.25) is 0 Å². The van der Waals surface area contributed by atoms with Gasteiger partial charge in [-0.15, -0.1) is 11.3 Å². The normalized spacial score (nSPS) is 11.4. The fraction of sp³-hybridized carbons (Fsp3) is 0.185. The third-order valence-electron chi connectivity index (χ3n) is 5.79. The van der Waals surface area contributed by atoms with Crippen molar-refractivity contribution in [3.8, 4) is 21.0 Å². The Morgan fingerprint density at radius 2 is 1.74 bits per heavy atom. The minimum Gasteiger partial charge on any atom is -0.382 e. The number of hydrogen-bond acceptors (Lipinski definition) is 5. The third-order valence-corrected chi connectivity index (χ3v) is 6.93. The number of hydrogen-bond donors (Lipinski definition) is 1. The maximum atomic E-state index is 14.2. The number of imidazole rings is 1. The average Bonchev–Trinajstić information content (AvgIpc) is 3.46. The third kappa shape index (κ3) is 4.58. The molecule has 0 bridgehead atoms. The summed E-state index contributed by atoms with van der Waals surface area (Å²) in [6, 6.07) is 22.8. The summed E-state index contributed by atoms with van der Waals surface area (Å²) in [6.45, 7) is 1.27. The van der Waals surface area contributed by atoms with E-state index in [1.165, 1.54) is 23.0 Å². The van der Waals surface area contributed by atoms with E-state index in [-0.39, 0.29) is 5.82 Å². The monoisotopic (exact) mass is 472 g/mol. The van der Waals surface area contributed by atoms with Gasteiger partial charge in [0.25, 0.3) is 0 Å². The molecule has 2 aromatic carbocycles. The maximum absolute atomic E-state index is 14.2. The lowest BCUT2D eigenvalue weighted by atomic mass is 10.2. The number of aromatic nitrogens is 3. The summed E-state index contributed by atoms with van der Waals surface area (Å²) in [5.74, 6) is 1.11. The Morgan fingerprint density at radius 3 is 2.56 bits per heavy atom. The number of ether oxygens (including phenoxy) is 1. The largest absolute Gasteiger partial charge is 0.382 e. The van der Waals surface area contributed by atoms with Gasteiger partial charge in [-0.2, -0.15) is 0 Å². The molecule has 5 rings (SSSR count). The first-order valence-corrected chi connectivity index (χ1v) is 12.0. The highest BCUT2D eigenvalue weighted by Crippen LogP contribution is 2.36. The maximum Gasteiger partial charge on any atom is 0.152 e. The summed E-state index contributed by atoms with van der Waals surface area (Å²) in [5.41, 5.74) is 10.5. The number of rotatable bonds is 8. The molecule has 3 aromatic heterocycles. The number of fused-ring (bicyclic) bond motifs is 1. The highest BCUT2D eigenvalue weighted by molar-refractivity contribution is 7.18. The van der Waals surface area contributed by atoms with Crippen LogP contribution < -0.4 is 5.73 Å². The number of aryl methyl sites for hydroxylation is 2. The second kappa shape index (κ2) is 9.75. The van der Waals surface area contributed by atoms with Crippen molar-refractivity contribution in [2.24, 2.45) is 7.05 Å². The Bertz CT molecular complexity index is 1430. The van der Waals surface area contributed by atoms with E-state index in [9.17, 15) is 4.39 Å². The number of thiophene rings is 1. The van der Waals surface area contributed by atoms with E-state index in [1.807, 2.05) is 49.5 Å². The van der Waals surface area contributed by atoms with Gasteiger partial charge in [0.05, 0.1) is 22.7 Å². The van der Waals surface area contributed by atoms with Gasteiger partial charge in [-0.05, 0) is 36.2 Å². The molecule has 2 N–H and O–H groups in total. The van der Waals surface area contributed by atoms with Gasteiger partial charge in [-0.3, -0.25) is 0 Å². The van der Waals surface area contributed by atoms with E-state index in [2.05, 4.69) is 21.7 Å². The summed E-state index contributed by atoms with van der Waals surface area (Å²) in [5, 5.41) is 0. The van der Waals surface area contributed by atoms with Crippen LogP contribution in [-0.4, -0.2) is 21.1 Å². The average molecular weight is 473 g/mol. The first-order valence-electron chi connectivity index (χ1n) is 11.2. The van der Waals surface area contributed by atoms with Crippen LogP contribution in [0.5, 0.6) is 0 Å². The van der Waals surface area contributed by atoms with Gasteiger partial charge < -0.3 is 15.0 Å². The van der Waals surface area contributed by atoms with Crippen LogP contribution in [0.2, 0.25) is 0 Å². The number of halogens is 1. The zero-order chi connectivity index (χ0) is 23.5. The summed E-state index contributed by atoms with van der Waals surface area (Å²) in [6.07, 6.45) is 1.65. The zero-order valence-corrected chi connectivity index (χ0v) is 19.7. The van der Waals surface area contributed by atoms with Crippen LogP contribution in [0.15, 0.2) is 72.8 Å². The Hall–Kier alpha value is -3.55. The van der Waals surface area contributed by atoms with E-state index in [4.69, 9.17) is 15.5 Å². The molecule has 0 aliphatic rings. The zero-order valence-electron chi connectivity index (χ0n) is 18.9. The molecule has 0 radical (unpaired) electrons. The SMILES string of the molecule is Cn1c(CCCOCc2ccccc2)nc2c(N)nc(-c3ccc(-c4ccccc4F)s3)cc21. The Labute approximate surface area is 201 Å². The molecule has 0 amide bonds. The molecule has 0 aliphatic carbocycles. The van der Waals surface area contributed by atoms with Crippen molar-refractivity contribution in [1.82, 2.24) is 14.5 Å². The number of anilines is 1. The van der Waals surface area contributed by atoms with Crippen LogP contribution in [0.3, 0.4) is 0 Å². The second-order valence-corrected chi connectivity index (χ2v) is 9.22. The Balaban J connectivity index is 1.31. The Kier molecular flexibility index (Phi) is 6.38. The Morgan fingerprint density at radius 1 is 0.971 bits per heavy atom. The summed E-state index contributed by atoms with van der Waals surface area (Å²) in [4.78, 5) is 11.1. The van der Waals surface area contributed by atoms with Gasteiger partial charge >= 0.3 is 0 Å². The number of nitrogens with two attached hydrogens (primary N) is 1. The minimum atomic E-state index is -0.233. The van der Waals surface area contributed by atoms with Crippen molar-refractivity contribution in [2.45, 2.75) is 19.4 Å². The highest BCUT2D eigenvalue weighted by Gasteiger charge is 2.16. The van der Waals surface area contributed by atoms with E-state index in [0.717, 1.165) is 39.6 Å². The predicted octanol–water partition coefficient (Wildman–Crippen LogP) is 6.23. The van der Waals surface area contributed by atoms with Crippen LogP contribution in [-0.2, 0) is 24.8 Å². The first kappa shape index (κ1) is 22.3. The van der Waals surface area contributed by atoms with E-state index >= 15 is 0 Å².